The number of non-ortho nitro benzene ring substituents is 1. The first-order valence-electron chi connectivity index (χ1n) is 7.57. The summed E-state index contributed by atoms with van der Waals surface area (Å²) < 4.78 is 1.90. The van der Waals surface area contributed by atoms with Gasteiger partial charge in [-0.3, -0.25) is 10.1 Å². The molecule has 8 heteroatoms. The number of amidine groups is 1. The van der Waals surface area contributed by atoms with Crippen LogP contribution in [0.4, 0.5) is 5.69 Å². The standard InChI is InChI=1S/C18H14N4O4/c19-17(14-4-3-5-16(12-14)21-10-1-2-11-21)20-26-18(23)13-6-8-15(9-7-13)22(24)25/h1-12H,(H2,19,20). The minimum absolute atomic E-state index is 0.0364. The number of carbonyl (C=O) groups is 1. The average molecular weight is 350 g/mol. The minimum Gasteiger partial charge on any atom is -0.380 e. The number of benzene rings is 2. The van der Waals surface area contributed by atoms with Gasteiger partial charge in [0.2, 0.25) is 0 Å². The van der Waals surface area contributed by atoms with Gasteiger partial charge in [-0.25, -0.2) is 4.79 Å². The van der Waals surface area contributed by atoms with E-state index in [-0.39, 0.29) is 17.1 Å². The first kappa shape index (κ1) is 16.9. The fourth-order valence-electron chi connectivity index (χ4n) is 2.25. The van der Waals surface area contributed by atoms with Crippen LogP contribution in [-0.4, -0.2) is 21.3 Å². The molecule has 0 saturated carbocycles. The second-order valence-corrected chi connectivity index (χ2v) is 5.30. The summed E-state index contributed by atoms with van der Waals surface area (Å²) in [7, 11) is 0. The Labute approximate surface area is 148 Å². The molecule has 0 saturated heterocycles. The number of nitrogens with two attached hydrogens (primary N) is 1. The highest BCUT2D eigenvalue weighted by Gasteiger charge is 2.11. The molecular formula is C18H14N4O4. The van der Waals surface area contributed by atoms with Gasteiger partial charge in [-0.2, -0.15) is 0 Å². The SMILES string of the molecule is N/C(=N/OC(=O)c1ccc([N+](=O)[O-])cc1)c1cccc(-n2cccc2)c1. The van der Waals surface area contributed by atoms with Crippen molar-refractivity contribution in [1.82, 2.24) is 4.57 Å². The average Bonchev–Trinajstić information content (AvgIpc) is 3.21. The maximum atomic E-state index is 12.0. The number of aromatic nitrogens is 1. The van der Waals surface area contributed by atoms with Crippen molar-refractivity contribution in [3.63, 3.8) is 0 Å². The zero-order chi connectivity index (χ0) is 18.5. The monoisotopic (exact) mass is 350 g/mol. The number of oxime groups is 1. The van der Waals surface area contributed by atoms with Crippen LogP contribution in [0.25, 0.3) is 5.69 Å². The minimum atomic E-state index is -0.760. The summed E-state index contributed by atoms with van der Waals surface area (Å²) in [5.41, 5.74) is 7.37. The van der Waals surface area contributed by atoms with Gasteiger partial charge in [-0.1, -0.05) is 17.3 Å². The molecule has 3 rings (SSSR count). The van der Waals surface area contributed by atoms with E-state index in [0.717, 1.165) is 5.69 Å². The Bertz CT molecular complexity index is 963. The molecule has 26 heavy (non-hydrogen) atoms. The summed E-state index contributed by atoms with van der Waals surface area (Å²) in [5.74, 6) is -0.723. The van der Waals surface area contributed by atoms with Crippen LogP contribution in [0.2, 0.25) is 0 Å². The molecule has 0 unspecified atom stereocenters. The molecule has 3 aromatic rings. The second-order valence-electron chi connectivity index (χ2n) is 5.30. The van der Waals surface area contributed by atoms with Gasteiger partial charge in [-0.15, -0.1) is 0 Å². The molecule has 0 atom stereocenters. The van der Waals surface area contributed by atoms with Crippen molar-refractivity contribution in [3.8, 4) is 5.69 Å². The van der Waals surface area contributed by atoms with Crippen LogP contribution < -0.4 is 5.73 Å². The molecule has 0 radical (unpaired) electrons. The number of nitro benzene ring substituents is 1. The number of carbonyl (C=O) groups excluding carboxylic acids is 1. The maximum absolute atomic E-state index is 12.0. The largest absolute Gasteiger partial charge is 0.380 e. The van der Waals surface area contributed by atoms with E-state index in [0.29, 0.717) is 5.56 Å². The molecule has 0 fully saturated rings. The van der Waals surface area contributed by atoms with E-state index in [1.807, 2.05) is 41.2 Å². The highest BCUT2D eigenvalue weighted by Crippen LogP contribution is 2.14. The summed E-state index contributed by atoms with van der Waals surface area (Å²) in [6.45, 7) is 0. The van der Waals surface area contributed by atoms with Gasteiger partial charge in [0.15, 0.2) is 5.84 Å². The molecule has 0 aliphatic heterocycles. The van der Waals surface area contributed by atoms with Crippen LogP contribution in [-0.2, 0) is 4.84 Å². The van der Waals surface area contributed by atoms with E-state index in [4.69, 9.17) is 10.6 Å². The summed E-state index contributed by atoms with van der Waals surface area (Å²) in [4.78, 5) is 26.8. The van der Waals surface area contributed by atoms with E-state index in [9.17, 15) is 14.9 Å². The molecular weight excluding hydrogens is 336 g/mol. The summed E-state index contributed by atoms with van der Waals surface area (Å²) in [6, 6.07) is 16.1. The van der Waals surface area contributed by atoms with Crippen molar-refractivity contribution in [2.24, 2.45) is 10.9 Å². The molecule has 0 bridgehead atoms. The van der Waals surface area contributed by atoms with E-state index in [2.05, 4.69) is 5.16 Å². The first-order valence-corrected chi connectivity index (χ1v) is 7.57. The number of nitro groups is 1. The van der Waals surface area contributed by atoms with E-state index < -0.39 is 10.9 Å². The second kappa shape index (κ2) is 7.31. The van der Waals surface area contributed by atoms with Crippen molar-refractivity contribution in [1.29, 1.82) is 0 Å². The molecule has 1 aromatic heterocycles. The predicted molar refractivity (Wildman–Crippen MR) is 95.0 cm³/mol. The molecule has 2 aromatic carbocycles. The van der Waals surface area contributed by atoms with E-state index in [1.54, 1.807) is 12.1 Å². The summed E-state index contributed by atoms with van der Waals surface area (Å²) in [6.07, 6.45) is 3.78. The third kappa shape index (κ3) is 3.75. The Hall–Kier alpha value is -3.94. The fourth-order valence-corrected chi connectivity index (χ4v) is 2.25. The molecule has 0 aliphatic rings. The Kier molecular flexibility index (Phi) is 4.75. The Morgan fingerprint density at radius 2 is 1.73 bits per heavy atom. The molecule has 0 spiro atoms. The molecule has 130 valence electrons. The molecule has 0 amide bonds. The zero-order valence-corrected chi connectivity index (χ0v) is 13.5. The first-order chi connectivity index (χ1) is 12.5. The van der Waals surface area contributed by atoms with E-state index in [1.165, 1.54) is 24.3 Å². The van der Waals surface area contributed by atoms with Crippen molar-refractivity contribution >= 4 is 17.5 Å². The lowest BCUT2D eigenvalue weighted by molar-refractivity contribution is -0.384. The van der Waals surface area contributed by atoms with Gasteiger partial charge >= 0.3 is 5.97 Å². The van der Waals surface area contributed by atoms with Crippen LogP contribution >= 0.6 is 0 Å². The predicted octanol–water partition coefficient (Wildman–Crippen LogP) is 2.86. The summed E-state index contributed by atoms with van der Waals surface area (Å²) in [5, 5.41) is 14.3. The molecule has 2 N–H and O–H groups in total. The van der Waals surface area contributed by atoms with Crippen molar-refractivity contribution in [2.45, 2.75) is 0 Å². The van der Waals surface area contributed by atoms with Gasteiger partial charge in [0.05, 0.1) is 10.5 Å². The number of nitrogens with zero attached hydrogens (tertiary/aromatic N) is 3. The lowest BCUT2D eigenvalue weighted by atomic mass is 10.2. The fraction of sp³-hybridized carbons (Fsp3) is 0. The topological polar surface area (TPSA) is 113 Å². The molecule has 0 aliphatic carbocycles. The molecule has 8 nitrogen and oxygen atoms in total. The Balaban J connectivity index is 1.73. The van der Waals surface area contributed by atoms with Crippen molar-refractivity contribution in [2.75, 3.05) is 0 Å². The normalized spacial score (nSPS) is 11.2. The van der Waals surface area contributed by atoms with Crippen LogP contribution in [0.3, 0.4) is 0 Å². The van der Waals surface area contributed by atoms with Gasteiger partial charge in [-0.05, 0) is 36.4 Å². The lowest BCUT2D eigenvalue weighted by Crippen LogP contribution is -2.15. The quantitative estimate of drug-likeness (QED) is 0.250. The van der Waals surface area contributed by atoms with Crippen LogP contribution in [0.5, 0.6) is 0 Å². The highest BCUT2D eigenvalue weighted by molar-refractivity contribution is 5.98. The number of rotatable bonds is 5. The summed E-state index contributed by atoms with van der Waals surface area (Å²) >= 11 is 0. The van der Waals surface area contributed by atoms with Crippen LogP contribution in [0.1, 0.15) is 15.9 Å². The Morgan fingerprint density at radius 3 is 2.38 bits per heavy atom. The van der Waals surface area contributed by atoms with Gasteiger partial charge in [0, 0.05) is 35.8 Å². The third-order valence-electron chi connectivity index (χ3n) is 3.59. The van der Waals surface area contributed by atoms with Crippen molar-refractivity contribution < 1.29 is 14.6 Å². The lowest BCUT2D eigenvalue weighted by Gasteiger charge is -2.06. The zero-order valence-electron chi connectivity index (χ0n) is 13.5. The van der Waals surface area contributed by atoms with E-state index >= 15 is 0 Å². The Morgan fingerprint density at radius 1 is 1.04 bits per heavy atom. The van der Waals surface area contributed by atoms with Crippen molar-refractivity contribution in [3.05, 3.63) is 94.3 Å². The highest BCUT2D eigenvalue weighted by atomic mass is 16.7. The number of hydrogen-bond donors (Lipinski definition) is 1. The van der Waals surface area contributed by atoms with Gasteiger partial charge in [0.25, 0.3) is 5.69 Å². The molecule has 1 heterocycles. The van der Waals surface area contributed by atoms with Gasteiger partial charge in [0.1, 0.15) is 0 Å². The number of hydrogen-bond acceptors (Lipinski definition) is 5. The van der Waals surface area contributed by atoms with Crippen LogP contribution in [0.15, 0.2) is 78.2 Å². The van der Waals surface area contributed by atoms with Gasteiger partial charge < -0.3 is 15.1 Å². The van der Waals surface area contributed by atoms with Crippen LogP contribution in [0, 0.1) is 10.1 Å². The smallest absolute Gasteiger partial charge is 0.365 e. The maximum Gasteiger partial charge on any atom is 0.365 e. The third-order valence-corrected chi connectivity index (χ3v) is 3.59.